The van der Waals surface area contributed by atoms with Crippen LogP contribution in [0.1, 0.15) is 29.7 Å². The lowest BCUT2D eigenvalue weighted by Gasteiger charge is -2.37. The van der Waals surface area contributed by atoms with Crippen LogP contribution in [-0.4, -0.2) is 57.6 Å². The van der Waals surface area contributed by atoms with Crippen LogP contribution in [0.3, 0.4) is 0 Å². The second-order valence-electron chi connectivity index (χ2n) is 9.83. The van der Waals surface area contributed by atoms with Crippen molar-refractivity contribution >= 4 is 32.6 Å². The third kappa shape index (κ3) is 5.39. The highest BCUT2D eigenvalue weighted by Crippen LogP contribution is 2.48. The van der Waals surface area contributed by atoms with Crippen molar-refractivity contribution in [1.29, 1.82) is 0 Å². The molecule has 2 aliphatic rings. The van der Waals surface area contributed by atoms with Crippen molar-refractivity contribution in [3.63, 3.8) is 0 Å². The average molecular weight is 558 g/mol. The van der Waals surface area contributed by atoms with E-state index in [1.807, 2.05) is 31.2 Å². The van der Waals surface area contributed by atoms with Gasteiger partial charge in [0, 0.05) is 42.9 Å². The first-order chi connectivity index (χ1) is 18.1. The Morgan fingerprint density at radius 3 is 2.53 bits per heavy atom. The second kappa shape index (κ2) is 10.6. The fraction of sp³-hybridized carbons (Fsp3) is 0.310. The Bertz CT molecular complexity index is 1480. The minimum Gasteiger partial charge on any atom is -0.508 e. The van der Waals surface area contributed by atoms with Crippen LogP contribution in [0.2, 0.25) is 5.02 Å². The molecule has 200 valence electrons. The number of likely N-dealkylation sites (tertiary alicyclic amines) is 1. The molecule has 1 saturated heterocycles. The maximum Gasteiger partial charge on any atom is 0.177 e. The number of benzene rings is 3. The number of fused-ring (bicyclic) bond motifs is 1. The Morgan fingerprint density at radius 2 is 1.84 bits per heavy atom. The van der Waals surface area contributed by atoms with Crippen molar-refractivity contribution in [2.24, 2.45) is 5.92 Å². The number of allylic oxidation sites excluding steroid dienone is 1. The molecule has 0 aliphatic carbocycles. The standard InChI is InChI=1S/C29H29ClFNO5S/c1-18-24-14-22(33)6-10-26(24)37-29(28(18)21-5-9-25(30)27(13-21)38(2,34)35)20-3-7-23(8-4-20)36-12-11-32-16-19(15-31)17-32/h3-10,13-14,19,29,33H,11-12,15-17H2,1-2H3/t29-/m1/s1. The van der Waals surface area contributed by atoms with Crippen molar-refractivity contribution in [3.05, 3.63) is 82.4 Å². The monoisotopic (exact) mass is 557 g/mol. The topological polar surface area (TPSA) is 76.1 Å². The summed E-state index contributed by atoms with van der Waals surface area (Å²) in [7, 11) is -3.56. The number of nitrogens with zero attached hydrogens (tertiary/aromatic N) is 1. The van der Waals surface area contributed by atoms with E-state index in [0.29, 0.717) is 23.7 Å². The van der Waals surface area contributed by atoms with Gasteiger partial charge in [0.05, 0.1) is 16.6 Å². The summed E-state index contributed by atoms with van der Waals surface area (Å²) in [5.74, 6) is 1.59. The molecule has 2 heterocycles. The van der Waals surface area contributed by atoms with E-state index >= 15 is 0 Å². The van der Waals surface area contributed by atoms with Crippen molar-refractivity contribution in [2.75, 3.05) is 39.2 Å². The molecule has 2 aliphatic heterocycles. The molecular weight excluding hydrogens is 529 g/mol. The zero-order valence-corrected chi connectivity index (χ0v) is 22.7. The minimum atomic E-state index is -3.56. The van der Waals surface area contributed by atoms with Gasteiger partial charge in [0.2, 0.25) is 0 Å². The quantitative estimate of drug-likeness (QED) is 0.378. The van der Waals surface area contributed by atoms with Crippen LogP contribution in [0, 0.1) is 5.92 Å². The number of phenolic OH excluding ortho intramolecular Hbond substituents is 1. The smallest absolute Gasteiger partial charge is 0.177 e. The van der Waals surface area contributed by atoms with Gasteiger partial charge in [-0.1, -0.05) is 29.8 Å². The van der Waals surface area contributed by atoms with Gasteiger partial charge in [-0.3, -0.25) is 9.29 Å². The molecule has 3 aromatic carbocycles. The highest BCUT2D eigenvalue weighted by Gasteiger charge is 2.31. The van der Waals surface area contributed by atoms with E-state index in [9.17, 15) is 17.9 Å². The third-order valence-electron chi connectivity index (χ3n) is 7.03. The van der Waals surface area contributed by atoms with Gasteiger partial charge >= 0.3 is 0 Å². The largest absolute Gasteiger partial charge is 0.508 e. The molecule has 3 aromatic rings. The van der Waals surface area contributed by atoms with Crippen molar-refractivity contribution < 1.29 is 27.4 Å². The van der Waals surface area contributed by atoms with Gasteiger partial charge in [-0.15, -0.1) is 0 Å². The lowest BCUT2D eigenvalue weighted by atomic mass is 9.86. The zero-order chi connectivity index (χ0) is 27.0. The lowest BCUT2D eigenvalue weighted by Crippen LogP contribution is -2.49. The summed E-state index contributed by atoms with van der Waals surface area (Å²) < 4.78 is 49.7. The fourth-order valence-electron chi connectivity index (χ4n) is 4.99. The molecule has 9 heteroatoms. The summed E-state index contributed by atoms with van der Waals surface area (Å²) >= 11 is 6.22. The van der Waals surface area contributed by atoms with Crippen molar-refractivity contribution in [3.8, 4) is 17.2 Å². The molecule has 0 saturated carbocycles. The third-order valence-corrected chi connectivity index (χ3v) is 8.61. The number of aromatic hydroxyl groups is 1. The number of ether oxygens (including phenoxy) is 2. The molecule has 0 radical (unpaired) electrons. The first-order valence-electron chi connectivity index (χ1n) is 12.4. The highest BCUT2D eigenvalue weighted by molar-refractivity contribution is 7.90. The lowest BCUT2D eigenvalue weighted by molar-refractivity contribution is 0.0668. The van der Waals surface area contributed by atoms with Crippen LogP contribution in [0.25, 0.3) is 11.1 Å². The van der Waals surface area contributed by atoms with Crippen LogP contribution in [0.4, 0.5) is 4.39 Å². The molecule has 5 rings (SSSR count). The van der Waals surface area contributed by atoms with Gasteiger partial charge in [-0.25, -0.2) is 8.42 Å². The molecular formula is C29H29ClFNO5S. The van der Waals surface area contributed by atoms with Crippen LogP contribution >= 0.6 is 11.6 Å². The van der Waals surface area contributed by atoms with Crippen molar-refractivity contribution in [2.45, 2.75) is 17.9 Å². The summed E-state index contributed by atoms with van der Waals surface area (Å²) in [5, 5.41) is 10.3. The Morgan fingerprint density at radius 1 is 1.11 bits per heavy atom. The van der Waals surface area contributed by atoms with Crippen molar-refractivity contribution in [1.82, 2.24) is 4.90 Å². The summed E-state index contributed by atoms with van der Waals surface area (Å²) in [5.41, 5.74) is 3.88. The van der Waals surface area contributed by atoms with Gasteiger partial charge in [0.1, 0.15) is 30.0 Å². The number of hydrogen-bond acceptors (Lipinski definition) is 6. The minimum absolute atomic E-state index is 0.0428. The second-order valence-corrected chi connectivity index (χ2v) is 12.2. The molecule has 1 N–H and O–H groups in total. The number of sulfone groups is 1. The van der Waals surface area contributed by atoms with Crippen LogP contribution < -0.4 is 9.47 Å². The SMILES string of the molecule is CC1=C(c2ccc(Cl)c(S(C)(=O)=O)c2)[C@@H](c2ccc(OCCN3CC(CF)C3)cc2)Oc2ccc(O)cc21. The molecule has 0 aromatic heterocycles. The molecule has 0 bridgehead atoms. The summed E-state index contributed by atoms with van der Waals surface area (Å²) in [6, 6.07) is 17.5. The molecule has 6 nitrogen and oxygen atoms in total. The van der Waals surface area contributed by atoms with E-state index in [-0.39, 0.29) is 28.3 Å². The number of alkyl halides is 1. The maximum absolute atomic E-state index is 12.6. The molecule has 0 amide bonds. The van der Waals surface area contributed by atoms with E-state index in [1.54, 1.807) is 36.4 Å². The van der Waals surface area contributed by atoms with Gasteiger partial charge in [0.15, 0.2) is 9.84 Å². The van der Waals surface area contributed by atoms with Gasteiger partial charge in [0.25, 0.3) is 0 Å². The Kier molecular flexibility index (Phi) is 7.40. The Balaban J connectivity index is 1.45. The van der Waals surface area contributed by atoms with Gasteiger partial charge in [-0.2, -0.15) is 0 Å². The van der Waals surface area contributed by atoms with E-state index < -0.39 is 15.9 Å². The summed E-state index contributed by atoms with van der Waals surface area (Å²) in [6.07, 6.45) is 0.593. The summed E-state index contributed by atoms with van der Waals surface area (Å²) in [6.45, 7) is 4.47. The Hall–Kier alpha value is -3.07. The number of rotatable bonds is 8. The van der Waals surface area contributed by atoms with Crippen LogP contribution in [0.15, 0.2) is 65.6 Å². The zero-order valence-electron chi connectivity index (χ0n) is 21.2. The van der Waals surface area contributed by atoms with Gasteiger partial charge < -0.3 is 14.6 Å². The normalized spacial score (nSPS) is 18.1. The number of halogens is 2. The summed E-state index contributed by atoms with van der Waals surface area (Å²) in [4.78, 5) is 2.21. The molecule has 38 heavy (non-hydrogen) atoms. The number of phenols is 1. The highest BCUT2D eigenvalue weighted by atomic mass is 35.5. The number of hydrogen-bond donors (Lipinski definition) is 1. The van der Waals surface area contributed by atoms with Crippen LogP contribution in [-0.2, 0) is 9.84 Å². The molecule has 1 atom stereocenters. The van der Waals surface area contributed by atoms with E-state index in [2.05, 4.69) is 4.90 Å². The maximum atomic E-state index is 12.6. The molecule has 1 fully saturated rings. The predicted molar refractivity (Wildman–Crippen MR) is 146 cm³/mol. The fourth-order valence-corrected chi connectivity index (χ4v) is 6.29. The van der Waals surface area contributed by atoms with E-state index in [4.69, 9.17) is 21.1 Å². The van der Waals surface area contributed by atoms with Crippen LogP contribution in [0.5, 0.6) is 17.2 Å². The Labute approximate surface area is 227 Å². The molecule has 0 unspecified atom stereocenters. The van der Waals surface area contributed by atoms with Gasteiger partial charge in [-0.05, 0) is 66.1 Å². The van der Waals surface area contributed by atoms with E-state index in [1.165, 1.54) is 0 Å². The first kappa shape index (κ1) is 26.5. The van der Waals surface area contributed by atoms with E-state index in [0.717, 1.165) is 48.2 Å². The average Bonchev–Trinajstić information content (AvgIpc) is 2.86. The predicted octanol–water partition coefficient (Wildman–Crippen LogP) is 5.79. The first-order valence-corrected chi connectivity index (χ1v) is 14.6. The molecule has 0 spiro atoms.